The molecule has 0 saturated carbocycles. The standard InChI is InChI=1S/C15H28N2O2/c1-4-7-16-13-5-8-17(10-12(13)3)15(18)14-11(2)6-9-19-14/h11-14,16H,4-10H2,1-3H3. The molecule has 0 aromatic heterocycles. The zero-order valence-electron chi connectivity index (χ0n) is 12.5. The Kier molecular flexibility index (Phi) is 5.22. The largest absolute Gasteiger partial charge is 0.368 e. The summed E-state index contributed by atoms with van der Waals surface area (Å²) in [6, 6.07) is 0.561. The average Bonchev–Trinajstić information content (AvgIpc) is 2.82. The van der Waals surface area contributed by atoms with Gasteiger partial charge in [-0.15, -0.1) is 0 Å². The highest BCUT2D eigenvalue weighted by molar-refractivity contribution is 5.81. The molecule has 0 aromatic carbocycles. The van der Waals surface area contributed by atoms with E-state index in [2.05, 4.69) is 26.1 Å². The van der Waals surface area contributed by atoms with Crippen LogP contribution < -0.4 is 5.32 Å². The van der Waals surface area contributed by atoms with Crippen molar-refractivity contribution in [3.8, 4) is 0 Å². The monoisotopic (exact) mass is 268 g/mol. The van der Waals surface area contributed by atoms with E-state index in [0.29, 0.717) is 17.9 Å². The van der Waals surface area contributed by atoms with Crippen LogP contribution in [0.5, 0.6) is 0 Å². The van der Waals surface area contributed by atoms with Crippen molar-refractivity contribution in [1.29, 1.82) is 0 Å². The van der Waals surface area contributed by atoms with Crippen LogP contribution in [0.3, 0.4) is 0 Å². The minimum Gasteiger partial charge on any atom is -0.368 e. The van der Waals surface area contributed by atoms with Crippen molar-refractivity contribution in [3.05, 3.63) is 0 Å². The second kappa shape index (κ2) is 6.71. The zero-order chi connectivity index (χ0) is 13.8. The van der Waals surface area contributed by atoms with E-state index < -0.39 is 0 Å². The van der Waals surface area contributed by atoms with Crippen LogP contribution in [0.15, 0.2) is 0 Å². The number of amides is 1. The third kappa shape index (κ3) is 3.48. The third-order valence-corrected chi connectivity index (χ3v) is 4.50. The molecule has 0 spiro atoms. The van der Waals surface area contributed by atoms with Gasteiger partial charge in [-0.25, -0.2) is 0 Å². The molecular formula is C15H28N2O2. The molecule has 19 heavy (non-hydrogen) atoms. The fourth-order valence-electron chi connectivity index (χ4n) is 3.17. The van der Waals surface area contributed by atoms with Gasteiger partial charge in [-0.1, -0.05) is 20.8 Å². The molecule has 2 heterocycles. The summed E-state index contributed by atoms with van der Waals surface area (Å²) in [7, 11) is 0. The lowest BCUT2D eigenvalue weighted by Gasteiger charge is -2.38. The molecule has 0 bridgehead atoms. The summed E-state index contributed by atoms with van der Waals surface area (Å²) in [4.78, 5) is 14.5. The summed E-state index contributed by atoms with van der Waals surface area (Å²) < 4.78 is 5.60. The SMILES string of the molecule is CCCNC1CCN(C(=O)C2OCCC2C)CC1C. The van der Waals surface area contributed by atoms with E-state index in [9.17, 15) is 4.79 Å². The van der Waals surface area contributed by atoms with Crippen molar-refractivity contribution in [3.63, 3.8) is 0 Å². The molecule has 2 saturated heterocycles. The highest BCUT2D eigenvalue weighted by Gasteiger charge is 2.36. The minimum absolute atomic E-state index is 0.188. The van der Waals surface area contributed by atoms with Crippen LogP contribution in [0.2, 0.25) is 0 Å². The molecule has 2 aliphatic heterocycles. The lowest BCUT2D eigenvalue weighted by molar-refractivity contribution is -0.144. The van der Waals surface area contributed by atoms with E-state index in [1.165, 1.54) is 6.42 Å². The molecule has 4 heteroatoms. The zero-order valence-corrected chi connectivity index (χ0v) is 12.5. The van der Waals surface area contributed by atoms with Crippen LogP contribution in [0, 0.1) is 11.8 Å². The Balaban J connectivity index is 1.85. The molecule has 2 rings (SSSR count). The first-order valence-electron chi connectivity index (χ1n) is 7.77. The van der Waals surface area contributed by atoms with Gasteiger partial charge in [0.1, 0.15) is 6.10 Å². The number of ether oxygens (including phenoxy) is 1. The summed E-state index contributed by atoms with van der Waals surface area (Å²) in [6.07, 6.45) is 3.06. The first kappa shape index (κ1) is 14.8. The van der Waals surface area contributed by atoms with E-state index in [-0.39, 0.29) is 12.0 Å². The average molecular weight is 268 g/mol. The predicted octanol–water partition coefficient (Wildman–Crippen LogP) is 1.65. The predicted molar refractivity (Wildman–Crippen MR) is 76.0 cm³/mol. The van der Waals surface area contributed by atoms with Gasteiger partial charge in [-0.05, 0) is 37.6 Å². The van der Waals surface area contributed by atoms with Crippen molar-refractivity contribution in [2.45, 2.75) is 52.2 Å². The number of piperidine rings is 1. The number of rotatable bonds is 4. The molecule has 1 amide bonds. The minimum atomic E-state index is -0.188. The summed E-state index contributed by atoms with van der Waals surface area (Å²) >= 11 is 0. The lowest BCUT2D eigenvalue weighted by atomic mass is 9.92. The Morgan fingerprint density at radius 2 is 2.11 bits per heavy atom. The molecule has 2 fully saturated rings. The molecule has 0 radical (unpaired) electrons. The number of carbonyl (C=O) groups excluding carboxylic acids is 1. The van der Waals surface area contributed by atoms with Crippen molar-refractivity contribution >= 4 is 5.91 Å². The van der Waals surface area contributed by atoms with E-state index in [1.807, 2.05) is 4.90 Å². The highest BCUT2D eigenvalue weighted by Crippen LogP contribution is 2.25. The highest BCUT2D eigenvalue weighted by atomic mass is 16.5. The van der Waals surface area contributed by atoms with Gasteiger partial charge in [-0.3, -0.25) is 4.79 Å². The molecule has 110 valence electrons. The van der Waals surface area contributed by atoms with E-state index >= 15 is 0 Å². The molecule has 4 nitrogen and oxygen atoms in total. The maximum absolute atomic E-state index is 12.5. The van der Waals surface area contributed by atoms with Gasteiger partial charge in [0.25, 0.3) is 5.91 Å². The van der Waals surface area contributed by atoms with Gasteiger partial charge in [0.15, 0.2) is 0 Å². The van der Waals surface area contributed by atoms with Gasteiger partial charge in [0.2, 0.25) is 0 Å². The van der Waals surface area contributed by atoms with Crippen molar-refractivity contribution in [2.75, 3.05) is 26.2 Å². The second-order valence-electron chi connectivity index (χ2n) is 6.17. The van der Waals surface area contributed by atoms with Gasteiger partial charge in [-0.2, -0.15) is 0 Å². The Hall–Kier alpha value is -0.610. The number of hydrogen-bond donors (Lipinski definition) is 1. The molecule has 0 aromatic rings. The molecule has 2 aliphatic rings. The van der Waals surface area contributed by atoms with Crippen LogP contribution in [0.1, 0.15) is 40.0 Å². The van der Waals surface area contributed by atoms with Gasteiger partial charge < -0.3 is 15.0 Å². The quantitative estimate of drug-likeness (QED) is 0.843. The third-order valence-electron chi connectivity index (χ3n) is 4.50. The topological polar surface area (TPSA) is 41.6 Å². The summed E-state index contributed by atoms with van der Waals surface area (Å²) in [5, 5.41) is 3.59. The molecule has 4 unspecified atom stereocenters. The summed E-state index contributed by atoms with van der Waals surface area (Å²) in [5.41, 5.74) is 0. The smallest absolute Gasteiger partial charge is 0.251 e. The van der Waals surface area contributed by atoms with Crippen molar-refractivity contribution < 1.29 is 9.53 Å². The molecule has 1 N–H and O–H groups in total. The van der Waals surface area contributed by atoms with Gasteiger partial charge in [0.05, 0.1) is 0 Å². The number of carbonyl (C=O) groups is 1. The van der Waals surface area contributed by atoms with Crippen LogP contribution in [0.25, 0.3) is 0 Å². The number of nitrogens with zero attached hydrogens (tertiary/aromatic N) is 1. The fraction of sp³-hybridized carbons (Fsp3) is 0.933. The lowest BCUT2D eigenvalue weighted by Crippen LogP contribution is -2.53. The number of nitrogens with one attached hydrogen (secondary N) is 1. The number of likely N-dealkylation sites (tertiary alicyclic amines) is 1. The molecule has 0 aliphatic carbocycles. The summed E-state index contributed by atoms with van der Waals surface area (Å²) in [6.45, 7) is 10.1. The second-order valence-corrected chi connectivity index (χ2v) is 6.17. The van der Waals surface area contributed by atoms with E-state index in [1.54, 1.807) is 0 Å². The first-order valence-corrected chi connectivity index (χ1v) is 7.77. The Morgan fingerprint density at radius 1 is 1.32 bits per heavy atom. The Morgan fingerprint density at radius 3 is 2.68 bits per heavy atom. The summed E-state index contributed by atoms with van der Waals surface area (Å²) in [5.74, 6) is 1.12. The van der Waals surface area contributed by atoms with Gasteiger partial charge >= 0.3 is 0 Å². The fourth-order valence-corrected chi connectivity index (χ4v) is 3.17. The van der Waals surface area contributed by atoms with Crippen LogP contribution in [-0.4, -0.2) is 49.2 Å². The van der Waals surface area contributed by atoms with Crippen molar-refractivity contribution in [1.82, 2.24) is 10.2 Å². The van der Waals surface area contributed by atoms with E-state index in [0.717, 1.165) is 39.1 Å². The molecule has 4 atom stereocenters. The van der Waals surface area contributed by atoms with Crippen LogP contribution in [-0.2, 0) is 9.53 Å². The number of hydrogen-bond acceptors (Lipinski definition) is 3. The van der Waals surface area contributed by atoms with Crippen LogP contribution in [0.4, 0.5) is 0 Å². The van der Waals surface area contributed by atoms with Crippen LogP contribution >= 0.6 is 0 Å². The maximum atomic E-state index is 12.5. The van der Waals surface area contributed by atoms with Gasteiger partial charge in [0, 0.05) is 25.7 Å². The molecular weight excluding hydrogens is 240 g/mol. The normalized spacial score (nSPS) is 35.6. The van der Waals surface area contributed by atoms with Crippen molar-refractivity contribution in [2.24, 2.45) is 11.8 Å². The first-order chi connectivity index (χ1) is 9.13. The Labute approximate surface area is 116 Å². The van der Waals surface area contributed by atoms with E-state index in [4.69, 9.17) is 4.74 Å². The maximum Gasteiger partial charge on any atom is 0.251 e. The Bertz CT molecular complexity index is 309.